The van der Waals surface area contributed by atoms with Crippen molar-refractivity contribution in [2.75, 3.05) is 25.1 Å². The van der Waals surface area contributed by atoms with E-state index in [1.165, 1.54) is 0 Å². The lowest BCUT2D eigenvalue weighted by Gasteiger charge is -2.33. The smallest absolute Gasteiger partial charge is 0.257 e. The average Bonchev–Trinajstić information content (AvgIpc) is 2.77. The van der Waals surface area contributed by atoms with Gasteiger partial charge in [0, 0.05) is 19.6 Å². The van der Waals surface area contributed by atoms with Gasteiger partial charge < -0.3 is 15.0 Å². The minimum Gasteiger partial charge on any atom is -0.478 e. The topological polar surface area (TPSA) is 67.4 Å². The number of carbonyl (C=O) groups is 1. The number of benzene rings is 2. The molecule has 0 saturated carbocycles. The van der Waals surface area contributed by atoms with Crippen molar-refractivity contribution in [1.82, 2.24) is 15.3 Å². The second kappa shape index (κ2) is 8.25. The van der Waals surface area contributed by atoms with Gasteiger partial charge in [0.2, 0.25) is 5.91 Å². The van der Waals surface area contributed by atoms with E-state index in [-0.39, 0.29) is 11.8 Å². The van der Waals surface area contributed by atoms with Crippen LogP contribution in [0, 0.1) is 5.92 Å². The number of amides is 1. The highest BCUT2D eigenvalue weighted by molar-refractivity contribution is 5.80. The summed E-state index contributed by atoms with van der Waals surface area (Å²) >= 11 is 0. The maximum absolute atomic E-state index is 12.7. The molecule has 6 heteroatoms. The van der Waals surface area contributed by atoms with Crippen molar-refractivity contribution in [3.63, 3.8) is 0 Å². The van der Waals surface area contributed by atoms with Crippen molar-refractivity contribution >= 4 is 22.8 Å². The molecule has 0 bridgehead atoms. The van der Waals surface area contributed by atoms with Crippen molar-refractivity contribution in [1.29, 1.82) is 0 Å². The molecule has 3 aromatic rings. The van der Waals surface area contributed by atoms with E-state index in [4.69, 9.17) is 9.72 Å². The maximum Gasteiger partial charge on any atom is 0.257 e. The molecule has 1 aliphatic heterocycles. The van der Waals surface area contributed by atoms with Gasteiger partial charge in [-0.05, 0) is 30.5 Å². The summed E-state index contributed by atoms with van der Waals surface area (Å²) in [5, 5.41) is 3.07. The van der Waals surface area contributed by atoms with Crippen LogP contribution in [-0.4, -0.2) is 36.1 Å². The normalized spacial score (nSPS) is 16.8. The third-order valence-electron chi connectivity index (χ3n) is 5.12. The summed E-state index contributed by atoms with van der Waals surface area (Å²) < 4.78 is 5.49. The van der Waals surface area contributed by atoms with Gasteiger partial charge in [-0.25, -0.2) is 9.97 Å². The summed E-state index contributed by atoms with van der Waals surface area (Å²) in [6, 6.07) is 17.7. The Morgan fingerprint density at radius 2 is 1.82 bits per heavy atom. The van der Waals surface area contributed by atoms with Crippen LogP contribution in [0.5, 0.6) is 5.88 Å². The summed E-state index contributed by atoms with van der Waals surface area (Å²) in [6.45, 7) is 2.01. The molecular formula is C22H24N4O2. The van der Waals surface area contributed by atoms with Crippen LogP contribution in [0.3, 0.4) is 0 Å². The van der Waals surface area contributed by atoms with Crippen molar-refractivity contribution in [2.45, 2.75) is 19.4 Å². The van der Waals surface area contributed by atoms with Crippen LogP contribution < -0.4 is 15.0 Å². The molecular weight excluding hydrogens is 352 g/mol. The van der Waals surface area contributed by atoms with Crippen LogP contribution in [0.1, 0.15) is 18.4 Å². The number of nitrogens with one attached hydrogen (secondary N) is 1. The number of ether oxygens (including phenoxy) is 1. The number of anilines is 1. The van der Waals surface area contributed by atoms with Crippen molar-refractivity contribution < 1.29 is 9.53 Å². The lowest BCUT2D eigenvalue weighted by Crippen LogP contribution is -2.43. The Hall–Kier alpha value is -3.15. The van der Waals surface area contributed by atoms with Gasteiger partial charge >= 0.3 is 0 Å². The van der Waals surface area contributed by atoms with Gasteiger partial charge in [0.25, 0.3) is 5.88 Å². The molecule has 2 aromatic carbocycles. The molecule has 144 valence electrons. The monoisotopic (exact) mass is 376 g/mol. The van der Waals surface area contributed by atoms with Crippen LogP contribution in [0.4, 0.5) is 5.82 Å². The molecule has 1 atom stereocenters. The van der Waals surface area contributed by atoms with E-state index in [1.54, 1.807) is 7.11 Å². The van der Waals surface area contributed by atoms with Gasteiger partial charge in [0.15, 0.2) is 5.82 Å². The predicted octanol–water partition coefficient (Wildman–Crippen LogP) is 3.17. The highest BCUT2D eigenvalue weighted by Crippen LogP contribution is 2.30. The number of aromatic nitrogens is 2. The van der Waals surface area contributed by atoms with E-state index < -0.39 is 0 Å². The van der Waals surface area contributed by atoms with Crippen LogP contribution >= 0.6 is 0 Å². The molecule has 1 saturated heterocycles. The first kappa shape index (κ1) is 18.2. The van der Waals surface area contributed by atoms with E-state index in [0.29, 0.717) is 24.8 Å². The number of piperidine rings is 1. The largest absolute Gasteiger partial charge is 0.478 e. The molecule has 6 nitrogen and oxygen atoms in total. The molecule has 0 aliphatic carbocycles. The third kappa shape index (κ3) is 3.91. The van der Waals surface area contributed by atoms with Crippen molar-refractivity contribution in [2.24, 2.45) is 5.92 Å². The molecule has 28 heavy (non-hydrogen) atoms. The summed E-state index contributed by atoms with van der Waals surface area (Å²) in [5.41, 5.74) is 2.73. The van der Waals surface area contributed by atoms with Crippen molar-refractivity contribution in [3.8, 4) is 5.88 Å². The van der Waals surface area contributed by atoms with Crippen LogP contribution in [-0.2, 0) is 11.3 Å². The zero-order valence-electron chi connectivity index (χ0n) is 16.0. The zero-order chi connectivity index (χ0) is 19.3. The van der Waals surface area contributed by atoms with Crippen molar-refractivity contribution in [3.05, 3.63) is 60.2 Å². The summed E-state index contributed by atoms with van der Waals surface area (Å²) in [5.74, 6) is 1.22. The number of hydrogen-bond acceptors (Lipinski definition) is 5. The fraction of sp³-hybridized carbons (Fsp3) is 0.318. The molecule has 2 heterocycles. The second-order valence-corrected chi connectivity index (χ2v) is 7.03. The number of carbonyl (C=O) groups excluding carboxylic acids is 1. The molecule has 0 radical (unpaired) electrons. The first-order chi connectivity index (χ1) is 13.7. The Kier molecular flexibility index (Phi) is 5.37. The van der Waals surface area contributed by atoms with E-state index in [9.17, 15) is 4.79 Å². The van der Waals surface area contributed by atoms with E-state index >= 15 is 0 Å². The Balaban J connectivity index is 1.49. The predicted molar refractivity (Wildman–Crippen MR) is 109 cm³/mol. The molecule has 1 aliphatic rings. The maximum atomic E-state index is 12.7. The number of hydrogen-bond donors (Lipinski definition) is 1. The highest BCUT2D eigenvalue weighted by atomic mass is 16.5. The quantitative estimate of drug-likeness (QED) is 0.741. The summed E-state index contributed by atoms with van der Waals surface area (Å²) in [4.78, 5) is 24.2. The van der Waals surface area contributed by atoms with Crippen LogP contribution in [0.2, 0.25) is 0 Å². The SMILES string of the molecule is COc1nc2ccccc2nc1N1CCCC(C(=O)NCc2ccccc2)C1. The molecule has 1 amide bonds. The Morgan fingerprint density at radius 3 is 2.57 bits per heavy atom. The van der Waals surface area contributed by atoms with Crippen LogP contribution in [0.25, 0.3) is 11.0 Å². The molecule has 1 unspecified atom stereocenters. The van der Waals surface area contributed by atoms with Gasteiger partial charge in [0.1, 0.15) is 0 Å². The summed E-state index contributed by atoms with van der Waals surface area (Å²) in [6.07, 6.45) is 1.81. The van der Waals surface area contributed by atoms with Crippen LogP contribution in [0.15, 0.2) is 54.6 Å². The summed E-state index contributed by atoms with van der Waals surface area (Å²) in [7, 11) is 1.61. The van der Waals surface area contributed by atoms with Gasteiger partial charge in [0.05, 0.1) is 24.1 Å². The number of fused-ring (bicyclic) bond motifs is 1. The lowest BCUT2D eigenvalue weighted by molar-refractivity contribution is -0.125. The molecule has 1 aromatic heterocycles. The fourth-order valence-electron chi connectivity index (χ4n) is 3.63. The Bertz CT molecular complexity index is 961. The van der Waals surface area contributed by atoms with E-state index in [1.807, 2.05) is 54.6 Å². The standard InChI is InChI=1S/C22H24N4O2/c1-28-22-20(24-18-11-5-6-12-19(18)25-22)26-13-7-10-17(15-26)21(27)23-14-16-8-3-2-4-9-16/h2-6,8-9,11-12,17H,7,10,13-15H2,1H3,(H,23,27). The Morgan fingerprint density at radius 1 is 1.11 bits per heavy atom. The average molecular weight is 376 g/mol. The highest BCUT2D eigenvalue weighted by Gasteiger charge is 2.28. The number of nitrogens with zero attached hydrogens (tertiary/aromatic N) is 3. The first-order valence-electron chi connectivity index (χ1n) is 9.62. The minimum absolute atomic E-state index is 0.0737. The van der Waals surface area contributed by atoms with Gasteiger partial charge in [-0.15, -0.1) is 0 Å². The molecule has 4 rings (SSSR count). The number of methoxy groups -OCH3 is 1. The minimum atomic E-state index is -0.0737. The van der Waals surface area contributed by atoms with E-state index in [2.05, 4.69) is 15.2 Å². The number of rotatable bonds is 5. The Labute approximate surface area is 164 Å². The lowest BCUT2D eigenvalue weighted by atomic mass is 9.97. The van der Waals surface area contributed by atoms with Gasteiger partial charge in [-0.3, -0.25) is 4.79 Å². The fourth-order valence-corrected chi connectivity index (χ4v) is 3.63. The second-order valence-electron chi connectivity index (χ2n) is 7.03. The molecule has 1 N–H and O–H groups in total. The zero-order valence-corrected chi connectivity index (χ0v) is 16.0. The molecule has 1 fully saturated rings. The third-order valence-corrected chi connectivity index (χ3v) is 5.12. The van der Waals surface area contributed by atoms with Gasteiger partial charge in [-0.1, -0.05) is 42.5 Å². The first-order valence-corrected chi connectivity index (χ1v) is 9.62. The van der Waals surface area contributed by atoms with Gasteiger partial charge in [-0.2, -0.15) is 0 Å². The van der Waals surface area contributed by atoms with E-state index in [0.717, 1.165) is 36.0 Å². The molecule has 0 spiro atoms. The number of para-hydroxylation sites is 2.